The smallest absolute Gasteiger partial charge is 0.339 e. The van der Waals surface area contributed by atoms with E-state index in [-0.39, 0.29) is 0 Å². The number of nitrogens with zero attached hydrogens (tertiary/aromatic N) is 2. The molecule has 0 spiro atoms. The molecule has 0 N–H and O–H groups in total. The third-order valence-corrected chi connectivity index (χ3v) is 5.78. The molecule has 2 heterocycles. The minimum Gasteiger partial charge on any atom is -0.339 e. The van der Waals surface area contributed by atoms with Gasteiger partial charge in [-0.2, -0.15) is 13.2 Å². The summed E-state index contributed by atoms with van der Waals surface area (Å²) in [6.07, 6.45) is 1.47. The van der Waals surface area contributed by atoms with Crippen molar-refractivity contribution in [2.45, 2.75) is 25.4 Å². The average molecular weight is 430 g/mol. The van der Waals surface area contributed by atoms with E-state index in [2.05, 4.69) is 24.3 Å². The first-order valence-electron chi connectivity index (χ1n) is 10.2. The first-order chi connectivity index (χ1) is 14.8. The minimum absolute atomic E-state index is 0.358. The zero-order chi connectivity index (χ0) is 22.0. The van der Waals surface area contributed by atoms with Crippen molar-refractivity contribution in [1.82, 2.24) is 9.47 Å². The van der Waals surface area contributed by atoms with Crippen molar-refractivity contribution in [2.75, 3.05) is 13.1 Å². The predicted octanol–water partition coefficient (Wildman–Crippen LogP) is 5.73. The molecule has 0 radical (unpaired) electrons. The maximum absolute atomic E-state index is 13.3. The standard InChI is InChI=1S/C24H22F4N2O/c25-19-5-8-21(22(16-19)24(26,27)28)23(31)30-13-9-18(10-14-30)15-17-3-6-20(7-4-17)29-11-1-2-12-29/h1-8,11-12,16,18H,9-10,13-15H2. The number of rotatable bonds is 4. The SMILES string of the molecule is O=C(c1ccc(F)cc1C(F)(F)F)N1CCC(Cc2ccc(-n3cccc3)cc2)CC1. The van der Waals surface area contributed by atoms with Gasteiger partial charge in [0.25, 0.3) is 5.91 Å². The number of hydrogen-bond acceptors (Lipinski definition) is 1. The Hall–Kier alpha value is -3.09. The molecule has 1 fully saturated rings. The molecule has 1 aliphatic heterocycles. The molecule has 7 heteroatoms. The maximum atomic E-state index is 13.3. The van der Waals surface area contributed by atoms with Crippen molar-refractivity contribution in [3.8, 4) is 5.69 Å². The molecule has 162 valence electrons. The summed E-state index contributed by atoms with van der Waals surface area (Å²) in [7, 11) is 0. The van der Waals surface area contributed by atoms with Gasteiger partial charge in [-0.15, -0.1) is 0 Å². The third kappa shape index (κ3) is 4.81. The third-order valence-electron chi connectivity index (χ3n) is 5.78. The molecule has 0 aliphatic carbocycles. The van der Waals surface area contributed by atoms with E-state index in [0.717, 1.165) is 24.2 Å². The summed E-state index contributed by atoms with van der Waals surface area (Å²) in [5, 5.41) is 0. The predicted molar refractivity (Wildman–Crippen MR) is 110 cm³/mol. The number of amides is 1. The van der Waals surface area contributed by atoms with Gasteiger partial charge < -0.3 is 9.47 Å². The van der Waals surface area contributed by atoms with Crippen molar-refractivity contribution in [2.24, 2.45) is 5.92 Å². The Balaban J connectivity index is 1.37. The summed E-state index contributed by atoms with van der Waals surface area (Å²) >= 11 is 0. The first kappa shape index (κ1) is 21.2. The fourth-order valence-corrected chi connectivity index (χ4v) is 4.09. The molecule has 0 atom stereocenters. The maximum Gasteiger partial charge on any atom is 0.417 e. The molecular weight excluding hydrogens is 408 g/mol. The second-order valence-corrected chi connectivity index (χ2v) is 7.88. The highest BCUT2D eigenvalue weighted by molar-refractivity contribution is 5.96. The van der Waals surface area contributed by atoms with E-state index in [0.29, 0.717) is 37.9 Å². The highest BCUT2D eigenvalue weighted by Gasteiger charge is 2.37. The lowest BCUT2D eigenvalue weighted by atomic mass is 9.89. The molecule has 31 heavy (non-hydrogen) atoms. The normalized spacial score (nSPS) is 15.3. The lowest BCUT2D eigenvalue weighted by molar-refractivity contribution is -0.138. The van der Waals surface area contributed by atoms with Gasteiger partial charge in [-0.1, -0.05) is 12.1 Å². The van der Waals surface area contributed by atoms with Crippen LogP contribution in [0.15, 0.2) is 67.0 Å². The topological polar surface area (TPSA) is 25.2 Å². The summed E-state index contributed by atoms with van der Waals surface area (Å²) < 4.78 is 55.1. The number of piperidine rings is 1. The zero-order valence-electron chi connectivity index (χ0n) is 16.8. The summed E-state index contributed by atoms with van der Waals surface area (Å²) in [6, 6.07) is 14.4. The van der Waals surface area contributed by atoms with Crippen LogP contribution in [0.2, 0.25) is 0 Å². The number of hydrogen-bond donors (Lipinski definition) is 0. The fourth-order valence-electron chi connectivity index (χ4n) is 4.09. The largest absolute Gasteiger partial charge is 0.417 e. The minimum atomic E-state index is -4.78. The second kappa shape index (κ2) is 8.57. The quantitative estimate of drug-likeness (QED) is 0.486. The molecule has 0 bridgehead atoms. The van der Waals surface area contributed by atoms with Gasteiger partial charge in [-0.3, -0.25) is 4.79 Å². The Bertz CT molecular complexity index is 1030. The van der Waals surface area contributed by atoms with Gasteiger partial charge in [0.15, 0.2) is 0 Å². The number of carbonyl (C=O) groups is 1. The lowest BCUT2D eigenvalue weighted by Crippen LogP contribution is -2.39. The number of likely N-dealkylation sites (tertiary alicyclic amines) is 1. The molecule has 1 aliphatic rings. The zero-order valence-corrected chi connectivity index (χ0v) is 16.8. The van der Waals surface area contributed by atoms with Gasteiger partial charge in [0.05, 0.1) is 11.1 Å². The molecular formula is C24H22F4N2O. The Morgan fingerprint density at radius 2 is 1.61 bits per heavy atom. The number of carbonyl (C=O) groups excluding carboxylic acids is 1. The Morgan fingerprint density at radius 3 is 2.23 bits per heavy atom. The van der Waals surface area contributed by atoms with Crippen molar-refractivity contribution >= 4 is 5.91 Å². The Morgan fingerprint density at radius 1 is 0.968 bits per heavy atom. The lowest BCUT2D eigenvalue weighted by Gasteiger charge is -2.32. The van der Waals surface area contributed by atoms with Crippen molar-refractivity contribution in [1.29, 1.82) is 0 Å². The van der Waals surface area contributed by atoms with Crippen LogP contribution in [-0.4, -0.2) is 28.5 Å². The highest BCUT2D eigenvalue weighted by Crippen LogP contribution is 2.34. The number of benzene rings is 2. The molecule has 4 rings (SSSR count). The van der Waals surface area contributed by atoms with E-state index < -0.39 is 29.0 Å². The summed E-state index contributed by atoms with van der Waals surface area (Å²) in [5.41, 5.74) is 0.558. The van der Waals surface area contributed by atoms with Crippen LogP contribution in [0.4, 0.5) is 17.6 Å². The summed E-state index contributed by atoms with van der Waals surface area (Å²) in [6.45, 7) is 0.777. The number of halogens is 4. The fraction of sp³-hybridized carbons (Fsp3) is 0.292. The van der Waals surface area contributed by atoms with E-state index in [1.807, 2.05) is 29.1 Å². The van der Waals surface area contributed by atoms with Crippen molar-refractivity contribution in [3.05, 3.63) is 89.5 Å². The molecule has 1 saturated heterocycles. The van der Waals surface area contributed by atoms with E-state index in [1.54, 1.807) is 0 Å². The van der Waals surface area contributed by atoms with Crippen molar-refractivity contribution < 1.29 is 22.4 Å². The van der Waals surface area contributed by atoms with Crippen LogP contribution >= 0.6 is 0 Å². The van der Waals surface area contributed by atoms with E-state index >= 15 is 0 Å². The van der Waals surface area contributed by atoms with Crippen LogP contribution in [0, 0.1) is 11.7 Å². The van der Waals surface area contributed by atoms with Crippen LogP contribution in [0.25, 0.3) is 5.69 Å². The van der Waals surface area contributed by atoms with Gasteiger partial charge in [-0.25, -0.2) is 4.39 Å². The molecule has 0 unspecified atom stereocenters. The van der Waals surface area contributed by atoms with Crippen LogP contribution < -0.4 is 0 Å². The van der Waals surface area contributed by atoms with E-state index in [1.165, 1.54) is 10.5 Å². The van der Waals surface area contributed by atoms with E-state index in [4.69, 9.17) is 0 Å². The van der Waals surface area contributed by atoms with Gasteiger partial charge in [-0.05, 0) is 73.2 Å². The Kier molecular flexibility index (Phi) is 5.85. The van der Waals surface area contributed by atoms with Gasteiger partial charge in [0.1, 0.15) is 5.82 Å². The van der Waals surface area contributed by atoms with Crippen LogP contribution in [-0.2, 0) is 12.6 Å². The monoisotopic (exact) mass is 430 g/mol. The Labute approximate surface area is 177 Å². The van der Waals surface area contributed by atoms with Crippen LogP contribution in [0.5, 0.6) is 0 Å². The second-order valence-electron chi connectivity index (χ2n) is 7.88. The molecule has 3 aromatic rings. The number of aromatic nitrogens is 1. The molecule has 2 aromatic carbocycles. The van der Waals surface area contributed by atoms with Gasteiger partial charge >= 0.3 is 6.18 Å². The molecule has 3 nitrogen and oxygen atoms in total. The summed E-state index contributed by atoms with van der Waals surface area (Å²) in [4.78, 5) is 14.1. The van der Waals surface area contributed by atoms with Gasteiger partial charge in [0, 0.05) is 31.2 Å². The molecule has 1 amide bonds. The first-order valence-corrected chi connectivity index (χ1v) is 10.2. The van der Waals surface area contributed by atoms with Crippen molar-refractivity contribution in [3.63, 3.8) is 0 Å². The van der Waals surface area contributed by atoms with E-state index in [9.17, 15) is 22.4 Å². The van der Waals surface area contributed by atoms with Crippen LogP contribution in [0.3, 0.4) is 0 Å². The molecule has 1 aromatic heterocycles. The highest BCUT2D eigenvalue weighted by atomic mass is 19.4. The molecule has 0 saturated carbocycles. The summed E-state index contributed by atoms with van der Waals surface area (Å²) in [5.74, 6) is -1.34. The van der Waals surface area contributed by atoms with Crippen LogP contribution in [0.1, 0.15) is 34.3 Å². The average Bonchev–Trinajstić information content (AvgIpc) is 3.29. The number of alkyl halides is 3. The van der Waals surface area contributed by atoms with Gasteiger partial charge in [0.2, 0.25) is 0 Å².